The molecule has 2 heterocycles. The summed E-state index contributed by atoms with van der Waals surface area (Å²) in [6, 6.07) is 7.39. The van der Waals surface area contributed by atoms with Gasteiger partial charge in [-0.15, -0.1) is 0 Å². The van der Waals surface area contributed by atoms with Crippen molar-refractivity contribution in [3.63, 3.8) is 0 Å². The zero-order valence-corrected chi connectivity index (χ0v) is 9.06. The first-order valence-corrected chi connectivity index (χ1v) is 5.38. The molecule has 0 saturated heterocycles. The highest BCUT2D eigenvalue weighted by Gasteiger charge is 2.19. The highest BCUT2D eigenvalue weighted by atomic mass is 16.5. The van der Waals surface area contributed by atoms with Crippen LogP contribution in [0.5, 0.6) is 0 Å². The van der Waals surface area contributed by atoms with Crippen LogP contribution in [0.1, 0.15) is 12.0 Å². The van der Waals surface area contributed by atoms with Gasteiger partial charge >= 0.3 is 0 Å². The molecule has 0 radical (unpaired) electrons. The quantitative estimate of drug-likeness (QED) is 0.781. The minimum absolute atomic E-state index is 0.0479. The van der Waals surface area contributed by atoms with Gasteiger partial charge in [0.2, 0.25) is 5.91 Å². The number of nitrogens with zero attached hydrogens (tertiary/aromatic N) is 1. The van der Waals surface area contributed by atoms with Crippen LogP contribution in [0.15, 0.2) is 28.8 Å². The molecule has 0 saturated carbocycles. The maximum Gasteiger partial charge on any atom is 0.224 e. The third kappa shape index (κ3) is 1.65. The molecule has 86 valence electrons. The molecule has 5 nitrogen and oxygen atoms in total. The van der Waals surface area contributed by atoms with E-state index in [-0.39, 0.29) is 5.91 Å². The monoisotopic (exact) mass is 229 g/mol. The Labute approximate surface area is 97.6 Å². The molecule has 1 aliphatic rings. The van der Waals surface area contributed by atoms with Crippen LogP contribution in [0, 0.1) is 0 Å². The van der Waals surface area contributed by atoms with Crippen LogP contribution in [-0.2, 0) is 11.2 Å². The number of aromatic nitrogens is 1. The van der Waals surface area contributed by atoms with Gasteiger partial charge in [0.05, 0.1) is 0 Å². The van der Waals surface area contributed by atoms with E-state index in [1.165, 1.54) is 0 Å². The van der Waals surface area contributed by atoms with Gasteiger partial charge in [0.25, 0.3) is 0 Å². The Balaban J connectivity index is 2.12. The fourth-order valence-electron chi connectivity index (χ4n) is 2.07. The second-order valence-corrected chi connectivity index (χ2v) is 4.00. The molecule has 0 aliphatic carbocycles. The molecule has 1 aromatic carbocycles. The number of hydrogen-bond acceptors (Lipinski definition) is 4. The molecular formula is C12H11N3O2. The van der Waals surface area contributed by atoms with Crippen LogP contribution in [0.4, 0.5) is 11.5 Å². The van der Waals surface area contributed by atoms with Crippen LogP contribution in [0.25, 0.3) is 11.3 Å². The summed E-state index contributed by atoms with van der Waals surface area (Å²) < 4.78 is 5.16. The summed E-state index contributed by atoms with van der Waals surface area (Å²) in [6.45, 7) is 0. The van der Waals surface area contributed by atoms with E-state index in [0.717, 1.165) is 16.8 Å². The number of hydrogen-bond donors (Lipinski definition) is 2. The third-order valence-corrected chi connectivity index (χ3v) is 2.85. The molecule has 3 rings (SSSR count). The molecule has 17 heavy (non-hydrogen) atoms. The zero-order chi connectivity index (χ0) is 11.8. The summed E-state index contributed by atoms with van der Waals surface area (Å²) in [6.07, 6.45) is 1.20. The Bertz CT molecular complexity index is 589. The fourth-order valence-corrected chi connectivity index (χ4v) is 2.07. The molecule has 1 amide bonds. The van der Waals surface area contributed by atoms with Crippen LogP contribution >= 0.6 is 0 Å². The molecule has 0 atom stereocenters. The first kappa shape index (κ1) is 9.89. The van der Waals surface area contributed by atoms with Crippen molar-refractivity contribution in [2.75, 3.05) is 11.1 Å². The molecule has 0 bridgehead atoms. The van der Waals surface area contributed by atoms with Crippen molar-refractivity contribution in [2.45, 2.75) is 12.8 Å². The second-order valence-electron chi connectivity index (χ2n) is 4.00. The number of carbonyl (C=O) groups is 1. The molecule has 3 N–H and O–H groups in total. The van der Waals surface area contributed by atoms with Gasteiger partial charge in [0.15, 0.2) is 11.6 Å². The Hall–Kier alpha value is -2.30. The first-order chi connectivity index (χ1) is 8.24. The van der Waals surface area contributed by atoms with Crippen molar-refractivity contribution in [1.82, 2.24) is 5.16 Å². The molecule has 0 fully saturated rings. The summed E-state index contributed by atoms with van der Waals surface area (Å²) in [4.78, 5) is 11.3. The molecular weight excluding hydrogens is 218 g/mol. The molecule has 1 aromatic heterocycles. The largest absolute Gasteiger partial charge is 0.381 e. The Kier molecular flexibility index (Phi) is 2.11. The van der Waals surface area contributed by atoms with Crippen molar-refractivity contribution >= 4 is 17.4 Å². The minimum atomic E-state index is 0.0479. The van der Waals surface area contributed by atoms with Crippen LogP contribution in [0.2, 0.25) is 0 Å². The van der Waals surface area contributed by atoms with Gasteiger partial charge in [0, 0.05) is 23.7 Å². The fraction of sp³-hybridized carbons (Fsp3) is 0.167. The summed E-state index contributed by atoms with van der Waals surface area (Å²) in [5.41, 5.74) is 8.39. The minimum Gasteiger partial charge on any atom is -0.381 e. The molecule has 0 unspecified atom stereocenters. The van der Waals surface area contributed by atoms with E-state index in [2.05, 4.69) is 10.5 Å². The average molecular weight is 229 g/mol. The van der Waals surface area contributed by atoms with Crippen molar-refractivity contribution in [1.29, 1.82) is 0 Å². The zero-order valence-electron chi connectivity index (χ0n) is 9.06. The van der Waals surface area contributed by atoms with E-state index in [9.17, 15) is 4.79 Å². The van der Waals surface area contributed by atoms with Gasteiger partial charge in [-0.25, -0.2) is 0 Å². The molecule has 1 aliphatic heterocycles. The van der Waals surface area contributed by atoms with Gasteiger partial charge < -0.3 is 15.6 Å². The SMILES string of the molecule is Nc1cc(-c2cccc3c2CCC(=O)N3)on1. The molecule has 0 spiro atoms. The van der Waals surface area contributed by atoms with Crippen molar-refractivity contribution < 1.29 is 9.32 Å². The summed E-state index contributed by atoms with van der Waals surface area (Å²) in [5.74, 6) is 1.04. The number of nitrogens with one attached hydrogen (secondary N) is 1. The maximum atomic E-state index is 11.3. The number of nitrogens with two attached hydrogens (primary N) is 1. The Morgan fingerprint density at radius 1 is 1.35 bits per heavy atom. The van der Waals surface area contributed by atoms with E-state index in [1.54, 1.807) is 6.07 Å². The topological polar surface area (TPSA) is 81.2 Å². The summed E-state index contributed by atoms with van der Waals surface area (Å²) >= 11 is 0. The Morgan fingerprint density at radius 3 is 3.00 bits per heavy atom. The summed E-state index contributed by atoms with van der Waals surface area (Å²) in [7, 11) is 0. The number of amides is 1. The smallest absolute Gasteiger partial charge is 0.224 e. The van der Waals surface area contributed by atoms with E-state index in [4.69, 9.17) is 10.3 Å². The van der Waals surface area contributed by atoms with Gasteiger partial charge in [-0.05, 0) is 18.1 Å². The standard InChI is InChI=1S/C12H11N3O2/c13-11-6-10(17-15-11)8-2-1-3-9-7(8)4-5-12(16)14-9/h1-3,6H,4-5H2,(H2,13,15)(H,14,16). The van der Waals surface area contributed by atoms with Gasteiger partial charge in [0.1, 0.15) is 0 Å². The summed E-state index contributed by atoms with van der Waals surface area (Å²) in [5, 5.41) is 6.52. The lowest BCUT2D eigenvalue weighted by molar-refractivity contribution is -0.116. The van der Waals surface area contributed by atoms with E-state index in [0.29, 0.717) is 24.4 Å². The number of benzene rings is 1. The predicted octanol–water partition coefficient (Wildman–Crippen LogP) is 1.81. The van der Waals surface area contributed by atoms with Crippen LogP contribution in [0.3, 0.4) is 0 Å². The normalized spacial score (nSPS) is 14.2. The van der Waals surface area contributed by atoms with Crippen molar-refractivity contribution in [3.8, 4) is 11.3 Å². The first-order valence-electron chi connectivity index (χ1n) is 5.38. The van der Waals surface area contributed by atoms with E-state index < -0.39 is 0 Å². The lowest BCUT2D eigenvalue weighted by Crippen LogP contribution is -2.19. The number of fused-ring (bicyclic) bond motifs is 1. The number of anilines is 2. The predicted molar refractivity (Wildman–Crippen MR) is 63.3 cm³/mol. The number of rotatable bonds is 1. The van der Waals surface area contributed by atoms with Crippen molar-refractivity contribution in [3.05, 3.63) is 29.8 Å². The number of carbonyl (C=O) groups excluding carboxylic acids is 1. The second kappa shape index (κ2) is 3.62. The maximum absolute atomic E-state index is 11.3. The van der Waals surface area contributed by atoms with Gasteiger partial charge in [-0.3, -0.25) is 4.79 Å². The third-order valence-electron chi connectivity index (χ3n) is 2.85. The Morgan fingerprint density at radius 2 is 2.24 bits per heavy atom. The highest BCUT2D eigenvalue weighted by molar-refractivity contribution is 5.95. The highest BCUT2D eigenvalue weighted by Crippen LogP contribution is 2.33. The lowest BCUT2D eigenvalue weighted by Gasteiger charge is -2.18. The van der Waals surface area contributed by atoms with Crippen molar-refractivity contribution in [2.24, 2.45) is 0 Å². The molecule has 2 aromatic rings. The average Bonchev–Trinajstić information content (AvgIpc) is 2.74. The van der Waals surface area contributed by atoms with Gasteiger partial charge in [-0.2, -0.15) is 0 Å². The lowest BCUT2D eigenvalue weighted by atomic mass is 9.96. The van der Waals surface area contributed by atoms with Gasteiger partial charge in [-0.1, -0.05) is 17.3 Å². The van der Waals surface area contributed by atoms with Crippen LogP contribution < -0.4 is 11.1 Å². The van der Waals surface area contributed by atoms with E-state index in [1.807, 2.05) is 18.2 Å². The van der Waals surface area contributed by atoms with Crippen LogP contribution in [-0.4, -0.2) is 11.1 Å². The van der Waals surface area contributed by atoms with E-state index >= 15 is 0 Å². The molecule has 5 heteroatoms. The number of nitrogen functional groups attached to an aromatic ring is 1.